The number of nitrogens with zero attached hydrogens (tertiary/aromatic N) is 2. The number of aryl methyl sites for hydroxylation is 2. The van der Waals surface area contributed by atoms with Crippen molar-refractivity contribution >= 4 is 49.0 Å². The Hall–Kier alpha value is -3.91. The van der Waals surface area contributed by atoms with Crippen LogP contribution in [0, 0.1) is 12.3 Å². The first-order chi connectivity index (χ1) is 17.3. The molecule has 0 aliphatic heterocycles. The van der Waals surface area contributed by atoms with Gasteiger partial charge in [0.15, 0.2) is 6.20 Å². The van der Waals surface area contributed by atoms with Crippen LogP contribution in [0.15, 0.2) is 85.1 Å². The third-order valence-electron chi connectivity index (χ3n) is 7.76. The van der Waals surface area contributed by atoms with Crippen LogP contribution >= 0.6 is 0 Å². The zero-order chi connectivity index (χ0) is 24.8. The molecule has 0 saturated carbocycles. The molecular weight excluding hydrogens is 436 g/mol. The molecule has 7 rings (SSSR count). The standard InChI is InChI=1S/C34H31N2/c1-21-10-15-27-26-8-6-7-9-28(26)36-29-19-25(23-13-11-22(12-14-23)20-34(2,3)4)18-24-16-17-35(5)33(31(24)29)30(21)32(27)36/h6-19H,20H2,1-5H3/q+1. The molecule has 2 heteroatoms. The van der Waals surface area contributed by atoms with Gasteiger partial charge in [-0.15, -0.1) is 0 Å². The van der Waals surface area contributed by atoms with Gasteiger partial charge in [0, 0.05) is 16.8 Å². The van der Waals surface area contributed by atoms with Crippen LogP contribution in [0.5, 0.6) is 0 Å². The fourth-order valence-corrected chi connectivity index (χ4v) is 6.26. The smallest absolute Gasteiger partial charge is 0.224 e. The second-order valence-electron chi connectivity index (χ2n) is 11.7. The highest BCUT2D eigenvalue weighted by Gasteiger charge is 2.24. The van der Waals surface area contributed by atoms with E-state index < -0.39 is 0 Å². The third kappa shape index (κ3) is 3.00. The lowest BCUT2D eigenvalue weighted by molar-refractivity contribution is -0.643. The van der Waals surface area contributed by atoms with Crippen molar-refractivity contribution in [2.75, 3.05) is 0 Å². The van der Waals surface area contributed by atoms with Crippen molar-refractivity contribution in [3.63, 3.8) is 0 Å². The van der Waals surface area contributed by atoms with Crippen molar-refractivity contribution in [3.8, 4) is 11.1 Å². The fourth-order valence-electron chi connectivity index (χ4n) is 6.26. The summed E-state index contributed by atoms with van der Waals surface area (Å²) in [5.41, 5.74) is 10.7. The van der Waals surface area contributed by atoms with Gasteiger partial charge in [-0.25, -0.2) is 4.57 Å². The van der Waals surface area contributed by atoms with Gasteiger partial charge >= 0.3 is 0 Å². The SMILES string of the molecule is Cc1ccc2c3ccccc3n3c4cc(-c5ccc(CC(C)(C)C)cc5)cc5cc[n+](C)c(c1c23)c54. The van der Waals surface area contributed by atoms with Crippen molar-refractivity contribution in [1.29, 1.82) is 0 Å². The molecule has 0 radical (unpaired) electrons. The van der Waals surface area contributed by atoms with Gasteiger partial charge in [-0.1, -0.05) is 75.4 Å². The van der Waals surface area contributed by atoms with Gasteiger partial charge in [0.1, 0.15) is 7.05 Å². The van der Waals surface area contributed by atoms with Crippen molar-refractivity contribution in [2.24, 2.45) is 12.5 Å². The Labute approximate surface area is 211 Å². The molecule has 3 aromatic heterocycles. The van der Waals surface area contributed by atoms with E-state index in [9.17, 15) is 0 Å². The number of para-hydroxylation sites is 1. The Bertz CT molecular complexity index is 1950. The van der Waals surface area contributed by atoms with Crippen LogP contribution in [0.2, 0.25) is 0 Å². The summed E-state index contributed by atoms with van der Waals surface area (Å²) in [6.45, 7) is 9.14. The van der Waals surface area contributed by atoms with E-state index in [1.165, 1.54) is 71.3 Å². The van der Waals surface area contributed by atoms with Gasteiger partial charge in [0.05, 0.1) is 27.3 Å². The lowest BCUT2D eigenvalue weighted by Crippen LogP contribution is -2.28. The molecule has 0 unspecified atom stereocenters. The number of rotatable bonds is 2. The molecule has 36 heavy (non-hydrogen) atoms. The Balaban J connectivity index is 1.62. The molecule has 0 atom stereocenters. The van der Waals surface area contributed by atoms with Crippen LogP contribution in [-0.4, -0.2) is 4.40 Å². The van der Waals surface area contributed by atoms with Crippen molar-refractivity contribution in [2.45, 2.75) is 34.1 Å². The van der Waals surface area contributed by atoms with E-state index in [0.717, 1.165) is 6.42 Å². The first-order valence-corrected chi connectivity index (χ1v) is 12.9. The summed E-state index contributed by atoms with van der Waals surface area (Å²) < 4.78 is 4.82. The first-order valence-electron chi connectivity index (χ1n) is 12.9. The Morgan fingerprint density at radius 3 is 2.31 bits per heavy atom. The molecule has 0 N–H and O–H groups in total. The van der Waals surface area contributed by atoms with Crippen LogP contribution in [0.4, 0.5) is 0 Å². The summed E-state index contributed by atoms with van der Waals surface area (Å²) in [5, 5.41) is 6.61. The van der Waals surface area contributed by atoms with E-state index >= 15 is 0 Å². The van der Waals surface area contributed by atoms with E-state index in [4.69, 9.17) is 0 Å². The van der Waals surface area contributed by atoms with Gasteiger partial charge in [0.25, 0.3) is 0 Å². The van der Waals surface area contributed by atoms with Crippen LogP contribution in [0.25, 0.3) is 60.1 Å². The molecule has 3 heterocycles. The first kappa shape index (κ1) is 21.4. The topological polar surface area (TPSA) is 8.29 Å². The Morgan fingerprint density at radius 2 is 1.53 bits per heavy atom. The van der Waals surface area contributed by atoms with Crippen molar-refractivity contribution < 1.29 is 4.57 Å². The van der Waals surface area contributed by atoms with Gasteiger partial charge in [-0.3, -0.25) is 0 Å². The molecule has 176 valence electrons. The normalized spacial score (nSPS) is 12.7. The molecule has 0 bridgehead atoms. The average Bonchev–Trinajstić information content (AvgIpc) is 3.19. The minimum Gasteiger partial charge on any atom is -0.307 e. The van der Waals surface area contributed by atoms with E-state index in [1.807, 2.05) is 0 Å². The summed E-state index contributed by atoms with van der Waals surface area (Å²) in [5.74, 6) is 0. The summed E-state index contributed by atoms with van der Waals surface area (Å²) in [6, 6.07) is 29.7. The van der Waals surface area contributed by atoms with Crippen LogP contribution in [0.3, 0.4) is 0 Å². The fraction of sp³-hybridized carbons (Fsp3) is 0.206. The second kappa shape index (κ2) is 7.30. The number of pyridine rings is 2. The molecule has 2 nitrogen and oxygen atoms in total. The van der Waals surface area contributed by atoms with Crippen molar-refractivity contribution in [1.82, 2.24) is 4.40 Å². The molecular formula is C34H31N2+. The maximum atomic E-state index is 2.51. The summed E-state index contributed by atoms with van der Waals surface area (Å²) >= 11 is 0. The third-order valence-corrected chi connectivity index (χ3v) is 7.76. The minimum atomic E-state index is 0.285. The Kier molecular flexibility index (Phi) is 4.34. The number of benzene rings is 4. The Morgan fingerprint density at radius 1 is 0.750 bits per heavy atom. The van der Waals surface area contributed by atoms with Crippen LogP contribution < -0.4 is 4.57 Å². The van der Waals surface area contributed by atoms with Crippen LogP contribution in [-0.2, 0) is 13.5 Å². The van der Waals surface area contributed by atoms with Gasteiger partial charge < -0.3 is 4.40 Å². The highest BCUT2D eigenvalue weighted by atomic mass is 15.0. The van der Waals surface area contributed by atoms with E-state index in [-0.39, 0.29) is 5.41 Å². The summed E-state index contributed by atoms with van der Waals surface area (Å²) in [4.78, 5) is 0. The van der Waals surface area contributed by atoms with E-state index in [1.54, 1.807) is 0 Å². The van der Waals surface area contributed by atoms with Crippen LogP contribution in [0.1, 0.15) is 31.9 Å². The highest BCUT2D eigenvalue weighted by molar-refractivity contribution is 6.26. The van der Waals surface area contributed by atoms with E-state index in [0.29, 0.717) is 0 Å². The molecule has 7 aromatic rings. The molecule has 0 aliphatic carbocycles. The second-order valence-corrected chi connectivity index (χ2v) is 11.7. The average molecular weight is 468 g/mol. The molecule has 4 aromatic carbocycles. The largest absolute Gasteiger partial charge is 0.307 e. The zero-order valence-corrected chi connectivity index (χ0v) is 21.7. The number of aromatic nitrogens is 2. The molecule has 0 aliphatic rings. The maximum absolute atomic E-state index is 2.51. The predicted molar refractivity (Wildman–Crippen MR) is 153 cm³/mol. The molecule has 0 fully saturated rings. The summed E-state index contributed by atoms with van der Waals surface area (Å²) in [7, 11) is 2.18. The minimum absolute atomic E-state index is 0.285. The van der Waals surface area contributed by atoms with E-state index in [2.05, 4.69) is 129 Å². The van der Waals surface area contributed by atoms with Gasteiger partial charge in [0.2, 0.25) is 5.52 Å². The van der Waals surface area contributed by atoms with Gasteiger partial charge in [-0.05, 0) is 64.6 Å². The quantitative estimate of drug-likeness (QED) is 0.137. The molecule has 0 saturated heterocycles. The predicted octanol–water partition coefficient (Wildman–Crippen LogP) is 8.38. The zero-order valence-electron chi connectivity index (χ0n) is 21.7. The van der Waals surface area contributed by atoms with Crippen molar-refractivity contribution in [3.05, 3.63) is 96.2 Å². The van der Waals surface area contributed by atoms with Gasteiger partial charge in [-0.2, -0.15) is 0 Å². The number of fused-ring (bicyclic) bond motifs is 5. The monoisotopic (exact) mass is 467 g/mol. The molecule has 0 spiro atoms. The maximum Gasteiger partial charge on any atom is 0.224 e. The lowest BCUT2D eigenvalue weighted by atomic mass is 9.87. The highest BCUT2D eigenvalue weighted by Crippen LogP contribution is 2.41. The summed E-state index contributed by atoms with van der Waals surface area (Å²) in [6.07, 6.45) is 3.30. The number of hydrogen-bond acceptors (Lipinski definition) is 0. The lowest BCUT2D eigenvalue weighted by Gasteiger charge is -2.18. The number of hydrogen-bond donors (Lipinski definition) is 0. The molecule has 0 amide bonds.